The SMILES string of the molecule is CN(CCOc1ccc(F)cc1)CC(=O)NC(=O)NC(C)(C)C. The number of nitrogens with one attached hydrogen (secondary N) is 2. The van der Waals surface area contributed by atoms with Crippen LogP contribution in [0.25, 0.3) is 0 Å². The lowest BCUT2D eigenvalue weighted by Gasteiger charge is -2.21. The van der Waals surface area contributed by atoms with E-state index in [2.05, 4.69) is 10.6 Å². The summed E-state index contributed by atoms with van der Waals surface area (Å²) in [5, 5.41) is 4.92. The van der Waals surface area contributed by atoms with Crippen molar-refractivity contribution < 1.29 is 18.7 Å². The van der Waals surface area contributed by atoms with Crippen molar-refractivity contribution >= 4 is 11.9 Å². The molecular formula is C16H24FN3O3. The lowest BCUT2D eigenvalue weighted by molar-refractivity contribution is -0.120. The standard InChI is InChI=1S/C16H24FN3O3/c1-16(2,3)19-15(22)18-14(21)11-20(4)9-10-23-13-7-5-12(17)6-8-13/h5-8H,9-11H2,1-4H3,(H2,18,19,21,22). The first-order valence-electron chi connectivity index (χ1n) is 7.34. The van der Waals surface area contributed by atoms with Gasteiger partial charge in [0.05, 0.1) is 6.54 Å². The number of amides is 3. The molecule has 6 nitrogen and oxygen atoms in total. The molecule has 0 radical (unpaired) electrons. The highest BCUT2D eigenvalue weighted by atomic mass is 19.1. The van der Waals surface area contributed by atoms with Crippen LogP contribution in [0, 0.1) is 5.82 Å². The summed E-state index contributed by atoms with van der Waals surface area (Å²) in [5.41, 5.74) is -0.404. The van der Waals surface area contributed by atoms with Crippen molar-refractivity contribution in [3.05, 3.63) is 30.1 Å². The molecule has 0 saturated carbocycles. The average molecular weight is 325 g/mol. The molecule has 23 heavy (non-hydrogen) atoms. The predicted octanol–water partition coefficient (Wildman–Crippen LogP) is 1.76. The lowest BCUT2D eigenvalue weighted by Crippen LogP contribution is -2.50. The van der Waals surface area contributed by atoms with Crippen LogP contribution < -0.4 is 15.4 Å². The van der Waals surface area contributed by atoms with Crippen LogP contribution in [0.2, 0.25) is 0 Å². The summed E-state index contributed by atoms with van der Waals surface area (Å²) in [6, 6.07) is 5.21. The predicted molar refractivity (Wildman–Crippen MR) is 85.8 cm³/mol. The molecule has 0 spiro atoms. The second-order valence-electron chi connectivity index (χ2n) is 6.29. The van der Waals surface area contributed by atoms with E-state index >= 15 is 0 Å². The van der Waals surface area contributed by atoms with Crippen molar-refractivity contribution in [1.29, 1.82) is 0 Å². The number of carbonyl (C=O) groups excluding carboxylic acids is 2. The largest absolute Gasteiger partial charge is 0.492 e. The zero-order valence-corrected chi connectivity index (χ0v) is 14.0. The molecule has 3 amide bonds. The Labute approximate surface area is 136 Å². The van der Waals surface area contributed by atoms with Crippen molar-refractivity contribution in [2.24, 2.45) is 0 Å². The van der Waals surface area contributed by atoms with Crippen LogP contribution in [0.15, 0.2) is 24.3 Å². The number of carbonyl (C=O) groups is 2. The first-order valence-corrected chi connectivity index (χ1v) is 7.34. The minimum atomic E-state index is -0.515. The molecule has 0 heterocycles. The molecule has 0 saturated heterocycles. The molecule has 0 aliphatic carbocycles. The Morgan fingerprint density at radius 1 is 1.22 bits per heavy atom. The number of halogens is 1. The minimum absolute atomic E-state index is 0.0738. The average Bonchev–Trinajstić information content (AvgIpc) is 2.38. The van der Waals surface area contributed by atoms with Gasteiger partial charge in [0.1, 0.15) is 18.2 Å². The maximum atomic E-state index is 12.7. The van der Waals surface area contributed by atoms with Crippen LogP contribution in [0.5, 0.6) is 5.75 Å². The van der Waals surface area contributed by atoms with Crippen LogP contribution in [0.3, 0.4) is 0 Å². The first kappa shape index (κ1) is 18.9. The number of hydrogen-bond acceptors (Lipinski definition) is 4. The van der Waals surface area contributed by atoms with Crippen molar-refractivity contribution in [3.63, 3.8) is 0 Å². The quantitative estimate of drug-likeness (QED) is 0.836. The fourth-order valence-corrected chi connectivity index (χ4v) is 1.71. The van der Waals surface area contributed by atoms with Gasteiger partial charge in [0.15, 0.2) is 0 Å². The lowest BCUT2D eigenvalue weighted by atomic mass is 10.1. The zero-order valence-electron chi connectivity index (χ0n) is 14.0. The number of urea groups is 1. The Morgan fingerprint density at radius 3 is 2.39 bits per heavy atom. The van der Waals surface area contributed by atoms with E-state index in [4.69, 9.17) is 4.74 Å². The highest BCUT2D eigenvalue weighted by Gasteiger charge is 2.16. The Hall–Kier alpha value is -2.15. The molecule has 0 fully saturated rings. The molecule has 0 aliphatic heterocycles. The Kier molecular flexibility index (Phi) is 6.96. The molecule has 0 bridgehead atoms. The van der Waals surface area contributed by atoms with Gasteiger partial charge in [-0.05, 0) is 52.1 Å². The molecule has 0 aromatic heterocycles. The maximum Gasteiger partial charge on any atom is 0.321 e. The second-order valence-corrected chi connectivity index (χ2v) is 6.29. The molecule has 0 atom stereocenters. The minimum Gasteiger partial charge on any atom is -0.492 e. The van der Waals surface area contributed by atoms with Gasteiger partial charge in [-0.25, -0.2) is 9.18 Å². The summed E-state index contributed by atoms with van der Waals surface area (Å²) in [4.78, 5) is 25.0. The molecule has 1 rings (SSSR count). The summed E-state index contributed by atoms with van der Waals surface area (Å²) in [5.74, 6) is -0.149. The topological polar surface area (TPSA) is 70.7 Å². The monoisotopic (exact) mass is 325 g/mol. The summed E-state index contributed by atoms with van der Waals surface area (Å²) >= 11 is 0. The Balaban J connectivity index is 2.25. The van der Waals surface area contributed by atoms with Crippen LogP contribution in [-0.2, 0) is 4.79 Å². The van der Waals surface area contributed by atoms with E-state index in [0.717, 1.165) is 0 Å². The molecule has 1 aromatic rings. The number of benzene rings is 1. The van der Waals surface area contributed by atoms with E-state index < -0.39 is 17.5 Å². The zero-order chi connectivity index (χ0) is 17.5. The van der Waals surface area contributed by atoms with Crippen molar-refractivity contribution in [2.45, 2.75) is 26.3 Å². The molecule has 128 valence electrons. The van der Waals surface area contributed by atoms with Gasteiger partial charge < -0.3 is 10.1 Å². The number of rotatable bonds is 6. The van der Waals surface area contributed by atoms with E-state index in [0.29, 0.717) is 18.9 Å². The third-order valence-electron chi connectivity index (χ3n) is 2.71. The molecule has 0 unspecified atom stereocenters. The van der Waals surface area contributed by atoms with E-state index in [1.54, 1.807) is 24.1 Å². The summed E-state index contributed by atoms with van der Waals surface area (Å²) < 4.78 is 18.2. The highest BCUT2D eigenvalue weighted by Crippen LogP contribution is 2.10. The van der Waals surface area contributed by atoms with Gasteiger partial charge in [0.2, 0.25) is 5.91 Å². The number of nitrogens with zero attached hydrogens (tertiary/aromatic N) is 1. The third kappa shape index (κ3) is 8.77. The van der Waals surface area contributed by atoms with Crippen molar-refractivity contribution in [3.8, 4) is 5.75 Å². The molecule has 2 N–H and O–H groups in total. The molecule has 0 aliphatic rings. The second kappa shape index (κ2) is 8.47. The van der Waals surface area contributed by atoms with Gasteiger partial charge in [-0.3, -0.25) is 15.0 Å². The Bertz CT molecular complexity index is 526. The van der Waals surface area contributed by atoms with E-state index in [1.807, 2.05) is 20.8 Å². The van der Waals surface area contributed by atoms with Gasteiger partial charge in [-0.15, -0.1) is 0 Å². The van der Waals surface area contributed by atoms with Gasteiger partial charge in [-0.1, -0.05) is 0 Å². The van der Waals surface area contributed by atoms with Crippen LogP contribution in [0.4, 0.5) is 9.18 Å². The fourth-order valence-electron chi connectivity index (χ4n) is 1.71. The smallest absolute Gasteiger partial charge is 0.321 e. The van der Waals surface area contributed by atoms with Gasteiger partial charge in [-0.2, -0.15) is 0 Å². The summed E-state index contributed by atoms with van der Waals surface area (Å²) in [6.45, 7) is 6.40. The van der Waals surface area contributed by atoms with E-state index in [-0.39, 0.29) is 12.4 Å². The van der Waals surface area contributed by atoms with Gasteiger partial charge in [0, 0.05) is 12.1 Å². The normalized spacial score (nSPS) is 11.2. The van der Waals surface area contributed by atoms with E-state index in [9.17, 15) is 14.0 Å². The van der Waals surface area contributed by atoms with Crippen LogP contribution in [0.1, 0.15) is 20.8 Å². The number of hydrogen-bond donors (Lipinski definition) is 2. The van der Waals surface area contributed by atoms with Gasteiger partial charge >= 0.3 is 6.03 Å². The highest BCUT2D eigenvalue weighted by molar-refractivity contribution is 5.95. The first-order chi connectivity index (χ1) is 10.7. The number of imide groups is 1. The Morgan fingerprint density at radius 2 is 1.83 bits per heavy atom. The fraction of sp³-hybridized carbons (Fsp3) is 0.500. The molecular weight excluding hydrogens is 301 g/mol. The number of likely N-dealkylation sites (N-methyl/N-ethyl adjacent to an activating group) is 1. The summed E-state index contributed by atoms with van der Waals surface area (Å²) in [7, 11) is 1.75. The third-order valence-corrected chi connectivity index (χ3v) is 2.71. The van der Waals surface area contributed by atoms with Crippen LogP contribution >= 0.6 is 0 Å². The maximum absolute atomic E-state index is 12.7. The van der Waals surface area contributed by atoms with Crippen molar-refractivity contribution in [1.82, 2.24) is 15.5 Å². The van der Waals surface area contributed by atoms with Gasteiger partial charge in [0.25, 0.3) is 0 Å². The van der Waals surface area contributed by atoms with E-state index in [1.165, 1.54) is 12.1 Å². The molecule has 1 aromatic carbocycles. The number of ether oxygens (including phenoxy) is 1. The summed E-state index contributed by atoms with van der Waals surface area (Å²) in [6.07, 6.45) is 0. The molecule has 7 heteroatoms. The van der Waals surface area contributed by atoms with Crippen molar-refractivity contribution in [2.75, 3.05) is 26.7 Å². The van der Waals surface area contributed by atoms with Crippen LogP contribution in [-0.4, -0.2) is 49.1 Å².